The Labute approximate surface area is 138 Å². The summed E-state index contributed by atoms with van der Waals surface area (Å²) in [6.45, 7) is 0. The molecule has 0 spiro atoms. The summed E-state index contributed by atoms with van der Waals surface area (Å²) in [5.74, 6) is -0.280. The SMILES string of the molecule is NC(=S)Nc1ccccc1NC(=S)NC(=O)c1ccccc1. The lowest BCUT2D eigenvalue weighted by Crippen LogP contribution is -2.34. The lowest BCUT2D eigenvalue weighted by atomic mass is 10.2. The van der Waals surface area contributed by atoms with Crippen LogP contribution in [-0.2, 0) is 0 Å². The molecule has 0 heterocycles. The minimum Gasteiger partial charge on any atom is -0.376 e. The lowest BCUT2D eigenvalue weighted by Gasteiger charge is -2.14. The normalized spacial score (nSPS) is 9.64. The molecule has 0 atom stereocenters. The molecule has 7 heteroatoms. The van der Waals surface area contributed by atoms with Gasteiger partial charge in [0.2, 0.25) is 0 Å². The Bertz CT molecular complexity index is 704. The number of amides is 1. The zero-order chi connectivity index (χ0) is 15.9. The molecule has 0 radical (unpaired) electrons. The van der Waals surface area contributed by atoms with Gasteiger partial charge in [-0.2, -0.15) is 0 Å². The van der Waals surface area contributed by atoms with Gasteiger partial charge in [-0.25, -0.2) is 0 Å². The first kappa shape index (κ1) is 15.9. The van der Waals surface area contributed by atoms with E-state index in [9.17, 15) is 4.79 Å². The molecule has 0 saturated carbocycles. The molecule has 0 aliphatic carbocycles. The highest BCUT2D eigenvalue weighted by Gasteiger charge is 2.09. The monoisotopic (exact) mass is 330 g/mol. The minimum absolute atomic E-state index is 0.147. The van der Waals surface area contributed by atoms with Gasteiger partial charge in [0, 0.05) is 5.56 Å². The Morgan fingerprint density at radius 1 is 0.864 bits per heavy atom. The number of nitrogens with two attached hydrogens (primary N) is 1. The van der Waals surface area contributed by atoms with Crippen LogP contribution in [0.25, 0.3) is 0 Å². The number of para-hydroxylation sites is 2. The number of thiocarbonyl (C=S) groups is 2. The standard InChI is InChI=1S/C15H14N4OS2/c16-14(21)17-11-8-4-5-9-12(11)18-15(22)19-13(20)10-6-2-1-3-7-10/h1-9H,(H3,16,17,21)(H2,18,19,20,22). The van der Waals surface area contributed by atoms with Crippen LogP contribution in [0.5, 0.6) is 0 Å². The summed E-state index contributed by atoms with van der Waals surface area (Å²) < 4.78 is 0. The molecule has 2 aromatic rings. The fourth-order valence-electron chi connectivity index (χ4n) is 1.75. The molecule has 0 fully saturated rings. The Kier molecular flexibility index (Phi) is 5.40. The predicted octanol–water partition coefficient (Wildman–Crippen LogP) is 2.47. The van der Waals surface area contributed by atoms with Crippen molar-refractivity contribution < 1.29 is 4.79 Å². The largest absolute Gasteiger partial charge is 0.376 e. The van der Waals surface area contributed by atoms with Gasteiger partial charge in [-0.05, 0) is 48.7 Å². The van der Waals surface area contributed by atoms with Crippen molar-refractivity contribution in [3.63, 3.8) is 0 Å². The number of anilines is 2. The van der Waals surface area contributed by atoms with E-state index < -0.39 is 0 Å². The van der Waals surface area contributed by atoms with E-state index in [4.69, 9.17) is 30.2 Å². The van der Waals surface area contributed by atoms with Crippen LogP contribution in [0.4, 0.5) is 11.4 Å². The van der Waals surface area contributed by atoms with Crippen molar-refractivity contribution in [2.24, 2.45) is 5.73 Å². The first-order valence-corrected chi connectivity index (χ1v) is 7.21. The molecule has 22 heavy (non-hydrogen) atoms. The van der Waals surface area contributed by atoms with E-state index in [-0.39, 0.29) is 16.1 Å². The highest BCUT2D eigenvalue weighted by Crippen LogP contribution is 2.20. The van der Waals surface area contributed by atoms with Crippen molar-refractivity contribution in [3.8, 4) is 0 Å². The minimum atomic E-state index is -0.280. The molecular formula is C15H14N4OS2. The van der Waals surface area contributed by atoms with E-state index in [2.05, 4.69) is 16.0 Å². The van der Waals surface area contributed by atoms with Crippen molar-refractivity contribution >= 4 is 51.9 Å². The van der Waals surface area contributed by atoms with E-state index in [1.165, 1.54) is 0 Å². The number of hydrogen-bond acceptors (Lipinski definition) is 3. The molecule has 0 aromatic heterocycles. The van der Waals surface area contributed by atoms with Crippen LogP contribution in [0, 0.1) is 0 Å². The van der Waals surface area contributed by atoms with Gasteiger partial charge >= 0.3 is 0 Å². The first-order valence-electron chi connectivity index (χ1n) is 6.39. The highest BCUT2D eigenvalue weighted by atomic mass is 32.1. The molecule has 0 saturated heterocycles. The number of nitrogens with one attached hydrogen (secondary N) is 3. The fraction of sp³-hybridized carbons (Fsp3) is 0. The summed E-state index contributed by atoms with van der Waals surface area (Å²) in [7, 11) is 0. The summed E-state index contributed by atoms with van der Waals surface area (Å²) >= 11 is 9.97. The van der Waals surface area contributed by atoms with Crippen molar-refractivity contribution in [2.45, 2.75) is 0 Å². The molecule has 2 aromatic carbocycles. The average Bonchev–Trinajstić information content (AvgIpc) is 2.49. The molecular weight excluding hydrogens is 316 g/mol. The van der Waals surface area contributed by atoms with E-state index in [0.29, 0.717) is 16.9 Å². The Balaban J connectivity index is 2.03. The molecule has 0 bridgehead atoms. The summed E-state index contributed by atoms with van der Waals surface area (Å²) in [5.41, 5.74) is 7.33. The van der Waals surface area contributed by atoms with Crippen LogP contribution in [0.15, 0.2) is 54.6 Å². The third-order valence-corrected chi connectivity index (χ3v) is 3.00. The van der Waals surface area contributed by atoms with Gasteiger partial charge in [0.15, 0.2) is 10.2 Å². The molecule has 5 nitrogen and oxygen atoms in total. The van der Waals surface area contributed by atoms with Crippen LogP contribution < -0.4 is 21.7 Å². The van der Waals surface area contributed by atoms with Crippen molar-refractivity contribution in [2.75, 3.05) is 10.6 Å². The number of carbonyl (C=O) groups is 1. The van der Waals surface area contributed by atoms with Crippen LogP contribution in [0.3, 0.4) is 0 Å². The maximum absolute atomic E-state index is 12.0. The number of rotatable bonds is 3. The summed E-state index contributed by atoms with van der Waals surface area (Å²) in [4.78, 5) is 12.0. The molecule has 0 aliphatic rings. The summed E-state index contributed by atoms with van der Waals surface area (Å²) in [5, 5.41) is 8.72. The average molecular weight is 330 g/mol. The van der Waals surface area contributed by atoms with Crippen molar-refractivity contribution in [3.05, 3.63) is 60.2 Å². The highest BCUT2D eigenvalue weighted by molar-refractivity contribution is 7.80. The van der Waals surface area contributed by atoms with Gasteiger partial charge in [-0.15, -0.1) is 0 Å². The number of benzene rings is 2. The second-order valence-electron chi connectivity index (χ2n) is 4.31. The summed E-state index contributed by atoms with van der Waals surface area (Å²) in [6, 6.07) is 16.1. The van der Waals surface area contributed by atoms with Gasteiger partial charge in [0.1, 0.15) is 0 Å². The Morgan fingerprint density at radius 2 is 1.41 bits per heavy atom. The van der Waals surface area contributed by atoms with Crippen molar-refractivity contribution in [1.29, 1.82) is 0 Å². The molecule has 5 N–H and O–H groups in total. The second kappa shape index (κ2) is 7.48. The first-order chi connectivity index (χ1) is 10.6. The third kappa shape index (κ3) is 4.51. The number of carbonyl (C=O) groups excluding carboxylic acids is 1. The summed E-state index contributed by atoms with van der Waals surface area (Å²) in [6.07, 6.45) is 0. The fourth-order valence-corrected chi connectivity index (χ4v) is 2.06. The molecule has 1 amide bonds. The lowest BCUT2D eigenvalue weighted by molar-refractivity contribution is 0.0977. The van der Waals surface area contributed by atoms with Crippen LogP contribution in [0.2, 0.25) is 0 Å². The maximum atomic E-state index is 12.0. The molecule has 112 valence electrons. The third-order valence-electron chi connectivity index (χ3n) is 2.70. The van der Waals surface area contributed by atoms with Crippen molar-refractivity contribution in [1.82, 2.24) is 5.32 Å². The van der Waals surface area contributed by atoms with E-state index in [0.717, 1.165) is 0 Å². The quantitative estimate of drug-likeness (QED) is 0.648. The zero-order valence-corrected chi connectivity index (χ0v) is 13.1. The van der Waals surface area contributed by atoms with Gasteiger partial charge in [-0.3, -0.25) is 10.1 Å². The second-order valence-corrected chi connectivity index (χ2v) is 5.16. The van der Waals surface area contributed by atoms with Gasteiger partial charge in [0.05, 0.1) is 11.4 Å². The smallest absolute Gasteiger partial charge is 0.257 e. The van der Waals surface area contributed by atoms with Gasteiger partial charge < -0.3 is 16.4 Å². The molecule has 0 aliphatic heterocycles. The van der Waals surface area contributed by atoms with E-state index in [1.54, 1.807) is 36.4 Å². The van der Waals surface area contributed by atoms with Crippen LogP contribution in [-0.4, -0.2) is 16.1 Å². The maximum Gasteiger partial charge on any atom is 0.257 e. The van der Waals surface area contributed by atoms with E-state index in [1.807, 2.05) is 18.2 Å². The van der Waals surface area contributed by atoms with Crippen LogP contribution in [0.1, 0.15) is 10.4 Å². The van der Waals surface area contributed by atoms with E-state index >= 15 is 0 Å². The Hall–Kier alpha value is -2.51. The molecule has 0 unspecified atom stereocenters. The number of hydrogen-bond donors (Lipinski definition) is 4. The van der Waals surface area contributed by atoms with Gasteiger partial charge in [-0.1, -0.05) is 30.3 Å². The van der Waals surface area contributed by atoms with Gasteiger partial charge in [0.25, 0.3) is 5.91 Å². The Morgan fingerprint density at radius 3 is 2.00 bits per heavy atom. The van der Waals surface area contributed by atoms with Crippen LogP contribution >= 0.6 is 24.4 Å². The predicted molar refractivity (Wildman–Crippen MR) is 97.0 cm³/mol. The topological polar surface area (TPSA) is 79.2 Å². The zero-order valence-electron chi connectivity index (χ0n) is 11.5. The molecule has 2 rings (SSSR count).